The first-order chi connectivity index (χ1) is 6.63. The lowest BCUT2D eigenvalue weighted by molar-refractivity contribution is 0.600. The summed E-state index contributed by atoms with van der Waals surface area (Å²) in [6.07, 6.45) is 1.73. The number of fused-ring (bicyclic) bond motifs is 1. The molecular weight excluding hydrogens is 194 g/mol. The Labute approximate surface area is 86.7 Å². The Morgan fingerprint density at radius 1 is 1.29 bits per heavy atom. The lowest BCUT2D eigenvalue weighted by Gasteiger charge is -2.03. The van der Waals surface area contributed by atoms with E-state index >= 15 is 0 Å². The average molecular weight is 207 g/mol. The Morgan fingerprint density at radius 3 is 2.57 bits per heavy atom. The monoisotopic (exact) mass is 207 g/mol. The molecule has 0 radical (unpaired) electrons. The van der Waals surface area contributed by atoms with E-state index in [1.54, 1.807) is 6.26 Å². The summed E-state index contributed by atoms with van der Waals surface area (Å²) in [5.41, 5.74) is 2.24. The molecule has 2 rings (SSSR count). The minimum absolute atomic E-state index is 0.915. The van der Waals surface area contributed by atoms with Crippen molar-refractivity contribution in [2.45, 2.75) is 11.8 Å². The zero-order valence-corrected chi connectivity index (χ0v) is 9.39. The molecule has 14 heavy (non-hydrogen) atoms. The maximum absolute atomic E-state index is 11.6. The molecule has 2 aromatic rings. The molecule has 0 aliphatic heterocycles. The number of aryl methyl sites for hydroxylation is 1. The third-order valence-electron chi connectivity index (χ3n) is 2.63. The van der Waals surface area contributed by atoms with E-state index < -0.39 is 11.2 Å². The van der Waals surface area contributed by atoms with Crippen LogP contribution >= 0.6 is 0 Å². The minimum atomic E-state index is -0.915. The zero-order valence-electron chi connectivity index (χ0n) is 8.57. The van der Waals surface area contributed by atoms with Crippen molar-refractivity contribution in [3.63, 3.8) is 0 Å². The van der Waals surface area contributed by atoms with E-state index in [0.29, 0.717) is 0 Å². The second-order valence-electron chi connectivity index (χ2n) is 3.44. The standard InChI is InChI=1S/C11H13NOS/c1-8-11(14(3)13)9-6-4-5-7-10(9)12(8)2/h4-7H,1-3H3. The van der Waals surface area contributed by atoms with Crippen LogP contribution in [-0.2, 0) is 18.2 Å². The van der Waals surface area contributed by atoms with Crippen LogP contribution < -0.4 is 0 Å². The van der Waals surface area contributed by atoms with Crippen LogP contribution in [0.15, 0.2) is 29.2 Å². The number of nitrogens with zero attached hydrogens (tertiary/aromatic N) is 1. The highest BCUT2D eigenvalue weighted by Crippen LogP contribution is 2.28. The lowest BCUT2D eigenvalue weighted by atomic mass is 10.2. The predicted octanol–water partition coefficient (Wildman–Crippen LogP) is 2.22. The van der Waals surface area contributed by atoms with Crippen molar-refractivity contribution in [2.24, 2.45) is 7.05 Å². The van der Waals surface area contributed by atoms with Crippen LogP contribution in [0.2, 0.25) is 0 Å². The highest BCUT2D eigenvalue weighted by atomic mass is 32.2. The number of rotatable bonds is 1. The Balaban J connectivity index is 2.88. The summed E-state index contributed by atoms with van der Waals surface area (Å²) in [5.74, 6) is 0. The molecule has 0 N–H and O–H groups in total. The number of para-hydroxylation sites is 1. The summed E-state index contributed by atoms with van der Waals surface area (Å²) in [7, 11) is 2.01. The highest BCUT2D eigenvalue weighted by molar-refractivity contribution is 7.91. The van der Waals surface area contributed by atoms with E-state index in [-0.39, 0.29) is 0 Å². The molecule has 2 nitrogen and oxygen atoms in total. The van der Waals surface area contributed by atoms with Crippen molar-refractivity contribution in [1.82, 2.24) is 4.57 Å². The van der Waals surface area contributed by atoms with Crippen molar-refractivity contribution >= 4 is 22.1 Å². The van der Waals surface area contributed by atoms with Crippen LogP contribution in [-0.4, -0.2) is 15.4 Å². The highest BCUT2D eigenvalue weighted by Gasteiger charge is 2.18. The molecule has 0 saturated carbocycles. The van der Waals surface area contributed by atoms with Crippen LogP contribution in [0.25, 0.3) is 10.9 Å². The van der Waals surface area contributed by atoms with E-state index in [2.05, 4.69) is 10.6 Å². The van der Waals surface area contributed by atoms with Gasteiger partial charge in [0.25, 0.3) is 0 Å². The summed E-state index contributed by atoms with van der Waals surface area (Å²) >= 11 is -0.915. The van der Waals surface area contributed by atoms with Gasteiger partial charge >= 0.3 is 0 Å². The summed E-state index contributed by atoms with van der Waals surface area (Å²) in [5, 5.41) is 1.10. The van der Waals surface area contributed by atoms with Gasteiger partial charge in [0.1, 0.15) is 6.26 Å². The molecular formula is C11H13NOS. The maximum Gasteiger partial charge on any atom is 0.180 e. The zero-order chi connectivity index (χ0) is 10.3. The summed E-state index contributed by atoms with van der Waals surface area (Å²) < 4.78 is 13.7. The number of hydrogen-bond acceptors (Lipinski definition) is 1. The van der Waals surface area contributed by atoms with Crippen LogP contribution in [0.5, 0.6) is 0 Å². The molecule has 0 saturated heterocycles. The van der Waals surface area contributed by atoms with Gasteiger partial charge in [-0.1, -0.05) is 12.1 Å². The molecule has 0 fully saturated rings. The van der Waals surface area contributed by atoms with Gasteiger partial charge < -0.3 is 9.12 Å². The van der Waals surface area contributed by atoms with Crippen molar-refractivity contribution in [1.29, 1.82) is 0 Å². The Hall–Kier alpha value is -0.930. The van der Waals surface area contributed by atoms with Crippen LogP contribution in [0, 0.1) is 6.92 Å². The lowest BCUT2D eigenvalue weighted by Crippen LogP contribution is -2.00. The molecule has 0 amide bonds. The Bertz CT molecular complexity index is 473. The van der Waals surface area contributed by atoms with Gasteiger partial charge in [-0.3, -0.25) is 0 Å². The Kier molecular flexibility index (Phi) is 2.29. The van der Waals surface area contributed by atoms with Crippen LogP contribution in [0.3, 0.4) is 0 Å². The van der Waals surface area contributed by atoms with Gasteiger partial charge in [0.05, 0.1) is 16.6 Å². The Morgan fingerprint density at radius 2 is 1.93 bits per heavy atom. The van der Waals surface area contributed by atoms with Crippen molar-refractivity contribution < 1.29 is 4.55 Å². The number of benzene rings is 1. The fourth-order valence-corrected chi connectivity index (χ4v) is 2.88. The van der Waals surface area contributed by atoms with Gasteiger partial charge in [0, 0.05) is 7.05 Å². The molecule has 1 unspecified atom stereocenters. The molecule has 1 aromatic heterocycles. The molecule has 74 valence electrons. The smallest absolute Gasteiger partial charge is 0.180 e. The topological polar surface area (TPSA) is 28.0 Å². The first-order valence-electron chi connectivity index (χ1n) is 4.50. The third-order valence-corrected chi connectivity index (χ3v) is 3.72. The molecule has 0 aliphatic rings. The fourth-order valence-electron chi connectivity index (χ4n) is 1.85. The van der Waals surface area contributed by atoms with Crippen molar-refractivity contribution in [2.75, 3.05) is 6.26 Å². The van der Waals surface area contributed by atoms with E-state index in [1.165, 1.54) is 0 Å². The first-order valence-corrected chi connectivity index (χ1v) is 6.06. The van der Waals surface area contributed by atoms with Gasteiger partial charge in [-0.15, -0.1) is 0 Å². The minimum Gasteiger partial charge on any atom is -0.612 e. The first kappa shape index (κ1) is 9.62. The van der Waals surface area contributed by atoms with Crippen LogP contribution in [0.1, 0.15) is 5.69 Å². The number of aromatic nitrogens is 1. The molecule has 0 bridgehead atoms. The van der Waals surface area contributed by atoms with Crippen LogP contribution in [0.4, 0.5) is 0 Å². The van der Waals surface area contributed by atoms with E-state index in [4.69, 9.17) is 0 Å². The fraction of sp³-hybridized carbons (Fsp3) is 0.273. The molecule has 1 heterocycles. The van der Waals surface area contributed by atoms with Gasteiger partial charge in [-0.25, -0.2) is 0 Å². The van der Waals surface area contributed by atoms with Gasteiger partial charge in [-0.2, -0.15) is 0 Å². The normalized spacial score (nSPS) is 13.4. The third kappa shape index (κ3) is 1.24. The van der Waals surface area contributed by atoms with Crippen molar-refractivity contribution in [3.8, 4) is 0 Å². The van der Waals surface area contributed by atoms with Gasteiger partial charge in [-0.05, 0) is 30.2 Å². The molecule has 0 spiro atoms. The average Bonchev–Trinajstić information content (AvgIpc) is 2.41. The summed E-state index contributed by atoms with van der Waals surface area (Å²) in [6.45, 7) is 2.01. The maximum atomic E-state index is 11.6. The number of hydrogen-bond donors (Lipinski definition) is 0. The largest absolute Gasteiger partial charge is 0.612 e. The SMILES string of the molecule is Cc1c([S+](C)[O-])c2ccccc2n1C. The molecule has 0 aliphatic carbocycles. The van der Waals surface area contributed by atoms with E-state index in [9.17, 15) is 4.55 Å². The second-order valence-corrected chi connectivity index (χ2v) is 4.76. The summed E-state index contributed by atoms with van der Waals surface area (Å²) in [4.78, 5) is 0.961. The van der Waals surface area contributed by atoms with Crippen molar-refractivity contribution in [3.05, 3.63) is 30.0 Å². The molecule has 1 aromatic carbocycles. The van der Waals surface area contributed by atoms with E-state index in [1.807, 2.05) is 32.2 Å². The second kappa shape index (κ2) is 3.33. The molecule has 1 atom stereocenters. The van der Waals surface area contributed by atoms with E-state index in [0.717, 1.165) is 21.5 Å². The quantitative estimate of drug-likeness (QED) is 0.659. The predicted molar refractivity (Wildman–Crippen MR) is 60.0 cm³/mol. The van der Waals surface area contributed by atoms with Gasteiger partial charge in [0.2, 0.25) is 0 Å². The summed E-state index contributed by atoms with van der Waals surface area (Å²) in [6, 6.07) is 8.07. The van der Waals surface area contributed by atoms with Gasteiger partial charge in [0.15, 0.2) is 4.90 Å². The molecule has 3 heteroatoms.